The van der Waals surface area contributed by atoms with E-state index in [-0.39, 0.29) is 17.4 Å². The molecule has 0 aliphatic heterocycles. The Morgan fingerprint density at radius 2 is 1.75 bits per heavy atom. The predicted octanol–water partition coefficient (Wildman–Crippen LogP) is -1.09. The quantitative estimate of drug-likeness (QED) is 0.375. The summed E-state index contributed by atoms with van der Waals surface area (Å²) in [6, 6.07) is 0. The summed E-state index contributed by atoms with van der Waals surface area (Å²) in [6.07, 6.45) is 0. The molecule has 4 heavy (non-hydrogen) atoms. The Bertz CT molecular complexity index is 8.00. The van der Waals surface area contributed by atoms with Gasteiger partial charge in [-0.1, -0.05) is 0 Å². The zero-order valence-corrected chi connectivity index (χ0v) is 5.08. The first-order valence-corrected chi connectivity index (χ1v) is 1.91. The first-order chi connectivity index (χ1) is 1.41. The molecule has 0 radical (unpaired) electrons. The van der Waals surface area contributed by atoms with Crippen molar-refractivity contribution in [1.29, 1.82) is 0 Å². The van der Waals surface area contributed by atoms with Crippen molar-refractivity contribution in [2.75, 3.05) is 7.11 Å². The van der Waals surface area contributed by atoms with Gasteiger partial charge in [0.1, 0.15) is 0 Å². The van der Waals surface area contributed by atoms with E-state index in [0.717, 1.165) is 18.7 Å². The van der Waals surface area contributed by atoms with Crippen molar-refractivity contribution < 1.29 is 22.2 Å². The second-order valence-corrected chi connectivity index (χ2v) is 1.50. The fourth-order valence-corrected chi connectivity index (χ4v) is 0. The molecule has 0 amide bonds. The summed E-state index contributed by atoms with van der Waals surface area (Å²) in [5, 5.41) is 0. The first kappa shape index (κ1) is 8.93. The van der Waals surface area contributed by atoms with E-state index in [9.17, 15) is 0 Å². The molecule has 0 aliphatic rings. The van der Waals surface area contributed by atoms with E-state index < -0.39 is 0 Å². The van der Waals surface area contributed by atoms with Crippen molar-refractivity contribution in [3.63, 3.8) is 0 Å². The van der Waals surface area contributed by atoms with Crippen LogP contribution in [0, 0.1) is 0 Å². The van der Waals surface area contributed by atoms with Crippen LogP contribution in [0.4, 0.5) is 0 Å². The van der Waals surface area contributed by atoms with Crippen molar-refractivity contribution in [2.45, 2.75) is 0 Å². The summed E-state index contributed by atoms with van der Waals surface area (Å²) in [7, 11) is 1.68. The molecule has 0 atom stereocenters. The van der Waals surface area contributed by atoms with Gasteiger partial charge in [-0.3, -0.25) is 0 Å². The minimum atomic E-state index is 0. The third-order valence-electron chi connectivity index (χ3n) is 0. The van der Waals surface area contributed by atoms with Gasteiger partial charge < -0.3 is 0 Å². The molecule has 0 rings (SSSR count). The molecule has 0 bridgehead atoms. The Balaban J connectivity index is 0. The van der Waals surface area contributed by atoms with Gasteiger partial charge in [-0.25, -0.2) is 0 Å². The molecule has 0 fully saturated rings. The summed E-state index contributed by atoms with van der Waals surface area (Å²) < 4.78 is 4.38. The van der Waals surface area contributed by atoms with E-state index >= 15 is 0 Å². The maximum absolute atomic E-state index is 4.38. The molecule has 0 N–H and O–H groups in total. The molecule has 0 saturated carbocycles. The predicted molar refractivity (Wildman–Crippen MR) is 16.9 cm³/mol. The van der Waals surface area contributed by atoms with Crippen LogP contribution < -0.4 is 0 Å². The molecular formula is CH6AlOZn. The summed E-state index contributed by atoms with van der Waals surface area (Å²) in [5.74, 6) is 0. The molecule has 0 saturated heterocycles. The molecule has 3 heteroatoms. The second-order valence-electron chi connectivity index (χ2n) is 0.289. The normalized spacial score (nSPS) is 4.75. The Kier molecular flexibility index (Phi) is 19.9. The number of hydrogen-bond donors (Lipinski definition) is 0. The maximum atomic E-state index is 4.38. The third-order valence-corrected chi connectivity index (χ3v) is 0. The van der Waals surface area contributed by atoms with Crippen LogP contribution in [0.1, 0.15) is 0 Å². The van der Waals surface area contributed by atoms with E-state index in [1.165, 1.54) is 0 Å². The monoisotopic (exact) mass is 125 g/mol. The smallest absolute Gasteiger partial charge is 0.187 e. The van der Waals surface area contributed by atoms with Gasteiger partial charge in [-0.2, -0.15) is 0 Å². The molecule has 0 aromatic heterocycles. The van der Waals surface area contributed by atoms with Gasteiger partial charge in [0.2, 0.25) is 0 Å². The van der Waals surface area contributed by atoms with Crippen molar-refractivity contribution in [3.8, 4) is 0 Å². The van der Waals surface area contributed by atoms with Crippen LogP contribution in [0.3, 0.4) is 0 Å². The molecule has 0 aromatic rings. The molecule has 0 heterocycles. The molecule has 0 aromatic carbocycles. The van der Waals surface area contributed by atoms with Crippen LogP contribution in [-0.4, -0.2) is 24.5 Å². The number of rotatable bonds is 0. The van der Waals surface area contributed by atoms with Crippen LogP contribution in [-0.2, 0) is 22.2 Å². The Hall–Kier alpha value is 1.12. The topological polar surface area (TPSA) is 9.23 Å². The van der Waals surface area contributed by atoms with Crippen molar-refractivity contribution in [2.24, 2.45) is 0 Å². The van der Waals surface area contributed by atoms with Crippen LogP contribution >= 0.6 is 0 Å². The van der Waals surface area contributed by atoms with Gasteiger partial charge in [0, 0.05) is 0 Å². The van der Waals surface area contributed by atoms with E-state index in [4.69, 9.17) is 0 Å². The Morgan fingerprint density at radius 3 is 1.75 bits per heavy atom. The first-order valence-electron chi connectivity index (χ1n) is 0.697. The minimum Gasteiger partial charge on any atom is 0.187 e. The van der Waals surface area contributed by atoms with Crippen LogP contribution in [0.5, 0.6) is 0 Å². The van der Waals surface area contributed by atoms with Gasteiger partial charge in [0.25, 0.3) is 0 Å². The second kappa shape index (κ2) is 8.93. The molecule has 0 aliphatic carbocycles. The van der Waals surface area contributed by atoms with Crippen molar-refractivity contribution in [3.05, 3.63) is 0 Å². The van der Waals surface area contributed by atoms with Crippen LogP contribution in [0.2, 0.25) is 0 Å². The summed E-state index contributed by atoms with van der Waals surface area (Å²) >= 11 is 0.944. The average molecular weight is 126 g/mol. The van der Waals surface area contributed by atoms with Gasteiger partial charge in [0.05, 0.1) is 0 Å². The number of hydrogen-bond acceptors (Lipinski definition) is 1. The molecule has 21 valence electrons. The average Bonchev–Trinajstić information content (AvgIpc) is 0.918. The van der Waals surface area contributed by atoms with E-state index in [1.807, 2.05) is 0 Å². The SMILES string of the molecule is C[O][Zn].[AlH3]. The minimum absolute atomic E-state index is 0. The van der Waals surface area contributed by atoms with Crippen molar-refractivity contribution >= 4 is 17.4 Å². The van der Waals surface area contributed by atoms with Crippen LogP contribution in [0.25, 0.3) is 0 Å². The molecule has 0 spiro atoms. The maximum Gasteiger partial charge on any atom is 0.187 e. The van der Waals surface area contributed by atoms with Gasteiger partial charge in [0.15, 0.2) is 17.4 Å². The van der Waals surface area contributed by atoms with Gasteiger partial charge in [-0.05, 0) is 0 Å². The summed E-state index contributed by atoms with van der Waals surface area (Å²) in [5.41, 5.74) is 0. The zero-order valence-electron chi connectivity index (χ0n) is 2.12. The summed E-state index contributed by atoms with van der Waals surface area (Å²) in [4.78, 5) is 0. The van der Waals surface area contributed by atoms with Crippen LogP contribution in [0.15, 0.2) is 0 Å². The van der Waals surface area contributed by atoms with Gasteiger partial charge >= 0.3 is 29.3 Å². The van der Waals surface area contributed by atoms with E-state index in [1.54, 1.807) is 7.11 Å². The van der Waals surface area contributed by atoms with E-state index in [0.29, 0.717) is 0 Å². The fraction of sp³-hybridized carbons (Fsp3) is 1.00. The largest absolute Gasteiger partial charge is 0.187 e. The molecule has 1 nitrogen and oxygen atoms in total. The fourth-order valence-electron chi connectivity index (χ4n) is 0. The molecular weight excluding hydrogens is 120 g/mol. The molecule has 0 unspecified atom stereocenters. The van der Waals surface area contributed by atoms with Gasteiger partial charge in [-0.15, -0.1) is 0 Å². The van der Waals surface area contributed by atoms with Crippen molar-refractivity contribution in [1.82, 2.24) is 0 Å². The Morgan fingerprint density at radius 1 is 1.75 bits per heavy atom. The third kappa shape index (κ3) is 11.2. The summed E-state index contributed by atoms with van der Waals surface area (Å²) in [6.45, 7) is 0. The zero-order chi connectivity index (χ0) is 2.71. The standard InChI is InChI=1S/CH3O.Al.Zn.3H/c1-2;;;;;/h1H3;;;;;/q-1;;+1;;;. The Labute approximate surface area is 46.9 Å². The van der Waals surface area contributed by atoms with E-state index in [2.05, 4.69) is 3.56 Å².